The van der Waals surface area contributed by atoms with Crippen LogP contribution in [0.4, 0.5) is 5.69 Å². The van der Waals surface area contributed by atoms with Crippen LogP contribution in [0.15, 0.2) is 67.1 Å². The van der Waals surface area contributed by atoms with E-state index in [4.69, 9.17) is 4.74 Å². The number of para-hydroxylation sites is 1. The van der Waals surface area contributed by atoms with Crippen molar-refractivity contribution in [2.24, 2.45) is 0 Å². The van der Waals surface area contributed by atoms with Crippen LogP contribution in [0.2, 0.25) is 0 Å². The van der Waals surface area contributed by atoms with Gasteiger partial charge in [0.05, 0.1) is 12.0 Å². The molecule has 2 N–H and O–H groups in total. The quantitative estimate of drug-likeness (QED) is 0.605. The highest BCUT2D eigenvalue weighted by molar-refractivity contribution is 5.49. The smallest absolute Gasteiger partial charge is 0.129 e. The average Bonchev–Trinajstić information content (AvgIpc) is 3.13. The molecule has 0 saturated heterocycles. The van der Waals surface area contributed by atoms with Crippen molar-refractivity contribution in [2.45, 2.75) is 33.0 Å². The van der Waals surface area contributed by atoms with Crippen LogP contribution in [-0.2, 0) is 13.1 Å². The molecule has 5 nitrogen and oxygen atoms in total. The number of imidazole rings is 1. The molecule has 2 aromatic carbocycles. The molecule has 0 saturated carbocycles. The van der Waals surface area contributed by atoms with E-state index in [0.29, 0.717) is 6.04 Å². The van der Waals surface area contributed by atoms with Gasteiger partial charge in [0, 0.05) is 43.6 Å². The Morgan fingerprint density at radius 1 is 1.08 bits per heavy atom. The maximum atomic E-state index is 5.88. The summed E-state index contributed by atoms with van der Waals surface area (Å²) < 4.78 is 8.03. The largest absolute Gasteiger partial charge is 0.457 e. The average molecular weight is 350 g/mol. The second-order valence-corrected chi connectivity index (χ2v) is 6.28. The predicted octanol–water partition coefficient (Wildman–Crippen LogP) is 4.29. The zero-order chi connectivity index (χ0) is 18.2. The fraction of sp³-hybridized carbons (Fsp3) is 0.286. The Morgan fingerprint density at radius 3 is 2.69 bits per heavy atom. The molecule has 26 heavy (non-hydrogen) atoms. The SMILES string of the molecule is CCn1cncc1CNC(C)CNc1cccc(Oc2ccccc2)c1. The molecule has 0 bridgehead atoms. The van der Waals surface area contributed by atoms with Crippen molar-refractivity contribution in [1.29, 1.82) is 0 Å². The van der Waals surface area contributed by atoms with Gasteiger partial charge in [0.1, 0.15) is 11.5 Å². The molecule has 3 rings (SSSR count). The molecule has 0 radical (unpaired) electrons. The Kier molecular flexibility index (Phi) is 6.28. The molecule has 1 unspecified atom stereocenters. The molecule has 5 heteroatoms. The minimum Gasteiger partial charge on any atom is -0.457 e. The fourth-order valence-electron chi connectivity index (χ4n) is 2.70. The molecule has 0 fully saturated rings. The third kappa shape index (κ3) is 5.10. The van der Waals surface area contributed by atoms with E-state index in [1.165, 1.54) is 5.69 Å². The van der Waals surface area contributed by atoms with Gasteiger partial charge in [-0.2, -0.15) is 0 Å². The van der Waals surface area contributed by atoms with Gasteiger partial charge in [0.2, 0.25) is 0 Å². The first-order valence-corrected chi connectivity index (χ1v) is 9.04. The van der Waals surface area contributed by atoms with Crippen LogP contribution < -0.4 is 15.4 Å². The van der Waals surface area contributed by atoms with Gasteiger partial charge in [-0.1, -0.05) is 24.3 Å². The first-order chi connectivity index (χ1) is 12.7. The van der Waals surface area contributed by atoms with E-state index in [9.17, 15) is 0 Å². The lowest BCUT2D eigenvalue weighted by atomic mass is 10.2. The standard InChI is InChI=1S/C21H26N4O/c1-3-25-16-22-14-19(25)15-23-17(2)13-24-18-8-7-11-21(12-18)26-20-9-5-4-6-10-20/h4-12,14,16-17,23-24H,3,13,15H2,1-2H3. The number of benzene rings is 2. The Morgan fingerprint density at radius 2 is 1.88 bits per heavy atom. The van der Waals surface area contributed by atoms with Crippen molar-refractivity contribution in [3.8, 4) is 11.5 Å². The maximum Gasteiger partial charge on any atom is 0.129 e. The van der Waals surface area contributed by atoms with E-state index >= 15 is 0 Å². The molecule has 136 valence electrons. The monoisotopic (exact) mass is 350 g/mol. The van der Waals surface area contributed by atoms with Crippen molar-refractivity contribution < 1.29 is 4.74 Å². The highest BCUT2D eigenvalue weighted by atomic mass is 16.5. The highest BCUT2D eigenvalue weighted by Crippen LogP contribution is 2.23. The Labute approximate surface area is 155 Å². The molecular formula is C21H26N4O. The van der Waals surface area contributed by atoms with Crippen molar-refractivity contribution in [3.05, 3.63) is 72.8 Å². The molecule has 0 aliphatic carbocycles. The predicted molar refractivity (Wildman–Crippen MR) is 106 cm³/mol. The van der Waals surface area contributed by atoms with Gasteiger partial charge in [-0.15, -0.1) is 0 Å². The van der Waals surface area contributed by atoms with Crippen molar-refractivity contribution in [2.75, 3.05) is 11.9 Å². The highest BCUT2D eigenvalue weighted by Gasteiger charge is 2.05. The summed E-state index contributed by atoms with van der Waals surface area (Å²) in [7, 11) is 0. The lowest BCUT2D eigenvalue weighted by Gasteiger charge is -2.16. The molecule has 1 aromatic heterocycles. The van der Waals surface area contributed by atoms with Crippen LogP contribution in [0.3, 0.4) is 0 Å². The summed E-state index contributed by atoms with van der Waals surface area (Å²) in [5, 5.41) is 6.99. The molecule has 1 atom stereocenters. The Balaban J connectivity index is 1.49. The van der Waals surface area contributed by atoms with Crippen LogP contribution >= 0.6 is 0 Å². The van der Waals surface area contributed by atoms with Gasteiger partial charge in [-0.3, -0.25) is 0 Å². The van der Waals surface area contributed by atoms with Crippen molar-refractivity contribution in [1.82, 2.24) is 14.9 Å². The second-order valence-electron chi connectivity index (χ2n) is 6.28. The van der Waals surface area contributed by atoms with E-state index in [1.54, 1.807) is 0 Å². The molecule has 1 heterocycles. The summed E-state index contributed by atoms with van der Waals surface area (Å²) in [4.78, 5) is 4.20. The topological polar surface area (TPSA) is 51.1 Å². The number of aryl methyl sites for hydroxylation is 1. The van der Waals surface area contributed by atoms with Crippen LogP contribution in [-0.4, -0.2) is 22.1 Å². The second kappa shape index (κ2) is 9.06. The van der Waals surface area contributed by atoms with E-state index in [2.05, 4.69) is 40.1 Å². The number of ether oxygens (including phenoxy) is 1. The molecule has 0 aliphatic rings. The van der Waals surface area contributed by atoms with Crippen LogP contribution in [0.5, 0.6) is 11.5 Å². The summed E-state index contributed by atoms with van der Waals surface area (Å²) in [6.45, 7) is 6.88. The van der Waals surface area contributed by atoms with Crippen LogP contribution in [0.25, 0.3) is 0 Å². The van der Waals surface area contributed by atoms with Crippen LogP contribution in [0.1, 0.15) is 19.5 Å². The molecule has 0 spiro atoms. The van der Waals surface area contributed by atoms with Crippen LogP contribution in [0, 0.1) is 0 Å². The Bertz CT molecular complexity index is 801. The number of rotatable bonds is 9. The zero-order valence-electron chi connectivity index (χ0n) is 15.4. The minimum absolute atomic E-state index is 0.328. The Hall–Kier alpha value is -2.79. The summed E-state index contributed by atoms with van der Waals surface area (Å²) in [6, 6.07) is 18.2. The molecular weight excluding hydrogens is 324 g/mol. The number of anilines is 1. The number of hydrogen-bond acceptors (Lipinski definition) is 4. The number of nitrogens with one attached hydrogen (secondary N) is 2. The fourth-order valence-corrected chi connectivity index (χ4v) is 2.70. The lowest BCUT2D eigenvalue weighted by Crippen LogP contribution is -2.32. The zero-order valence-corrected chi connectivity index (χ0v) is 15.4. The van der Waals surface area contributed by atoms with E-state index < -0.39 is 0 Å². The maximum absolute atomic E-state index is 5.88. The van der Waals surface area contributed by atoms with Gasteiger partial charge in [-0.25, -0.2) is 4.98 Å². The van der Waals surface area contributed by atoms with E-state index in [1.807, 2.05) is 61.1 Å². The van der Waals surface area contributed by atoms with Gasteiger partial charge in [0.15, 0.2) is 0 Å². The van der Waals surface area contributed by atoms with E-state index in [-0.39, 0.29) is 0 Å². The summed E-state index contributed by atoms with van der Waals surface area (Å²) in [6.07, 6.45) is 3.79. The molecule has 0 aliphatic heterocycles. The first kappa shape index (κ1) is 18.0. The molecule has 0 amide bonds. The van der Waals surface area contributed by atoms with E-state index in [0.717, 1.165) is 36.8 Å². The lowest BCUT2D eigenvalue weighted by molar-refractivity contribution is 0.483. The van der Waals surface area contributed by atoms with Gasteiger partial charge in [-0.05, 0) is 38.1 Å². The first-order valence-electron chi connectivity index (χ1n) is 9.04. The van der Waals surface area contributed by atoms with Crippen molar-refractivity contribution >= 4 is 5.69 Å². The van der Waals surface area contributed by atoms with Gasteiger partial charge in [0.25, 0.3) is 0 Å². The summed E-state index contributed by atoms with van der Waals surface area (Å²) >= 11 is 0. The minimum atomic E-state index is 0.328. The normalized spacial score (nSPS) is 11.9. The number of aromatic nitrogens is 2. The van der Waals surface area contributed by atoms with Gasteiger partial charge < -0.3 is 19.9 Å². The van der Waals surface area contributed by atoms with Crippen molar-refractivity contribution in [3.63, 3.8) is 0 Å². The summed E-state index contributed by atoms with van der Waals surface area (Å²) in [5.74, 6) is 1.67. The summed E-state index contributed by atoms with van der Waals surface area (Å²) in [5.41, 5.74) is 2.25. The van der Waals surface area contributed by atoms with Gasteiger partial charge >= 0.3 is 0 Å². The molecule has 3 aromatic rings. The number of nitrogens with zero attached hydrogens (tertiary/aromatic N) is 2. The number of hydrogen-bond donors (Lipinski definition) is 2. The third-order valence-corrected chi connectivity index (χ3v) is 4.20. The third-order valence-electron chi connectivity index (χ3n) is 4.20.